The topological polar surface area (TPSA) is 26.0 Å². The van der Waals surface area contributed by atoms with Crippen molar-refractivity contribution < 1.29 is 0 Å². The molecule has 0 saturated heterocycles. The van der Waals surface area contributed by atoms with Gasteiger partial charge in [-0.2, -0.15) is 0 Å². The fraction of sp³-hybridized carbons (Fsp3) is 0.857. The normalized spacial score (nSPS) is 39.3. The molecule has 2 rings (SSSR count). The predicted molar refractivity (Wildman–Crippen MR) is 65.6 cm³/mol. The minimum atomic E-state index is 0.513. The lowest BCUT2D eigenvalue weighted by Crippen LogP contribution is -2.35. The van der Waals surface area contributed by atoms with Gasteiger partial charge in [0.1, 0.15) is 0 Å². The Morgan fingerprint density at radius 1 is 1.20 bits per heavy atom. The Bertz CT molecular complexity index is 219. The van der Waals surface area contributed by atoms with Gasteiger partial charge < -0.3 is 5.73 Å². The number of nitrogens with two attached hydrogens (primary N) is 1. The molecule has 86 valence electrons. The first-order valence-corrected chi connectivity index (χ1v) is 6.73. The summed E-state index contributed by atoms with van der Waals surface area (Å²) >= 11 is 0. The van der Waals surface area contributed by atoms with Crippen LogP contribution in [0.2, 0.25) is 0 Å². The van der Waals surface area contributed by atoms with Crippen molar-refractivity contribution in [3.8, 4) is 0 Å². The van der Waals surface area contributed by atoms with Crippen molar-refractivity contribution in [3.05, 3.63) is 12.2 Å². The molecule has 15 heavy (non-hydrogen) atoms. The lowest BCUT2D eigenvalue weighted by atomic mass is 9.83. The summed E-state index contributed by atoms with van der Waals surface area (Å²) in [6, 6.07) is 0.513. The second-order valence-electron chi connectivity index (χ2n) is 5.42. The molecule has 2 aliphatic carbocycles. The van der Waals surface area contributed by atoms with E-state index < -0.39 is 0 Å². The molecule has 0 aromatic heterocycles. The molecule has 0 aliphatic heterocycles. The van der Waals surface area contributed by atoms with Gasteiger partial charge in [-0.15, -0.1) is 0 Å². The van der Waals surface area contributed by atoms with E-state index in [9.17, 15) is 0 Å². The highest BCUT2D eigenvalue weighted by atomic mass is 14.7. The van der Waals surface area contributed by atoms with Crippen molar-refractivity contribution in [2.75, 3.05) is 0 Å². The van der Waals surface area contributed by atoms with E-state index in [1.807, 2.05) is 0 Å². The van der Waals surface area contributed by atoms with E-state index in [2.05, 4.69) is 19.1 Å². The van der Waals surface area contributed by atoms with E-state index in [0.29, 0.717) is 6.04 Å². The standard InChI is InChI=1S/C14H25N/c1-2-3-4-5-6-7-13-11-8-9-12(10-11)14(13)15/h5-6,11-14H,2-4,7-10,15H2,1H3/b6-5-/t11-,12+,13+,14+/m1/s1. The van der Waals surface area contributed by atoms with Gasteiger partial charge in [-0.1, -0.05) is 31.9 Å². The Morgan fingerprint density at radius 3 is 2.67 bits per heavy atom. The van der Waals surface area contributed by atoms with Crippen molar-refractivity contribution in [2.45, 2.75) is 57.9 Å². The molecule has 0 radical (unpaired) electrons. The molecule has 4 atom stereocenters. The predicted octanol–water partition coefficient (Wildman–Crippen LogP) is 3.50. The molecule has 2 aliphatic rings. The molecule has 0 heterocycles. The SMILES string of the molecule is CCCC/C=C\C[C@H]1[C@@H]2CC[C@@H](C2)[C@@H]1N. The minimum absolute atomic E-state index is 0.513. The number of hydrogen-bond acceptors (Lipinski definition) is 1. The summed E-state index contributed by atoms with van der Waals surface area (Å²) in [4.78, 5) is 0. The molecule has 1 nitrogen and oxygen atoms in total. The highest BCUT2D eigenvalue weighted by Gasteiger charge is 2.44. The summed E-state index contributed by atoms with van der Waals surface area (Å²) in [7, 11) is 0. The largest absolute Gasteiger partial charge is 0.327 e. The average Bonchev–Trinajstić information content (AvgIpc) is 2.80. The van der Waals surface area contributed by atoms with Gasteiger partial charge >= 0.3 is 0 Å². The third kappa shape index (κ3) is 2.44. The van der Waals surface area contributed by atoms with Gasteiger partial charge in [0.2, 0.25) is 0 Å². The third-order valence-corrected chi connectivity index (χ3v) is 4.46. The molecule has 1 heteroatoms. The Hall–Kier alpha value is -0.300. The first kappa shape index (κ1) is 11.2. The second kappa shape index (κ2) is 5.16. The van der Waals surface area contributed by atoms with Crippen LogP contribution in [-0.2, 0) is 0 Å². The molecule has 2 fully saturated rings. The van der Waals surface area contributed by atoms with E-state index >= 15 is 0 Å². The zero-order valence-electron chi connectivity index (χ0n) is 9.99. The number of rotatable bonds is 5. The van der Waals surface area contributed by atoms with Crippen LogP contribution in [0.4, 0.5) is 0 Å². The summed E-state index contributed by atoms with van der Waals surface area (Å²) in [6.45, 7) is 2.25. The van der Waals surface area contributed by atoms with Crippen LogP contribution in [0, 0.1) is 17.8 Å². The number of hydrogen-bond donors (Lipinski definition) is 1. The Labute approximate surface area is 94.1 Å². The van der Waals surface area contributed by atoms with Gasteiger partial charge in [-0.3, -0.25) is 0 Å². The number of fused-ring (bicyclic) bond motifs is 2. The van der Waals surface area contributed by atoms with Crippen molar-refractivity contribution in [1.29, 1.82) is 0 Å². The van der Waals surface area contributed by atoms with E-state index in [4.69, 9.17) is 5.73 Å². The molecule has 2 N–H and O–H groups in total. The maximum atomic E-state index is 6.27. The Kier molecular flexibility index (Phi) is 3.85. The maximum Gasteiger partial charge on any atom is 0.0101 e. The lowest BCUT2D eigenvalue weighted by molar-refractivity contribution is 0.291. The number of unbranched alkanes of at least 4 members (excludes halogenated alkanes) is 2. The van der Waals surface area contributed by atoms with Gasteiger partial charge in [0, 0.05) is 6.04 Å². The molecule has 0 aromatic rings. The average molecular weight is 207 g/mol. The van der Waals surface area contributed by atoms with Crippen molar-refractivity contribution in [1.82, 2.24) is 0 Å². The first-order chi connectivity index (χ1) is 7.33. The van der Waals surface area contributed by atoms with E-state index in [1.165, 1.54) is 44.9 Å². The van der Waals surface area contributed by atoms with Crippen LogP contribution >= 0.6 is 0 Å². The van der Waals surface area contributed by atoms with Gasteiger partial charge in [0.05, 0.1) is 0 Å². The summed E-state index contributed by atoms with van der Waals surface area (Å²) in [5.41, 5.74) is 6.27. The molecule has 0 aromatic carbocycles. The van der Waals surface area contributed by atoms with Crippen LogP contribution in [0.3, 0.4) is 0 Å². The van der Waals surface area contributed by atoms with Crippen molar-refractivity contribution in [3.63, 3.8) is 0 Å². The third-order valence-electron chi connectivity index (χ3n) is 4.46. The number of allylic oxidation sites excluding steroid dienone is 2. The smallest absolute Gasteiger partial charge is 0.0101 e. The minimum Gasteiger partial charge on any atom is -0.327 e. The van der Waals surface area contributed by atoms with Crippen LogP contribution in [0.5, 0.6) is 0 Å². The second-order valence-corrected chi connectivity index (χ2v) is 5.42. The quantitative estimate of drug-likeness (QED) is 0.542. The summed E-state index contributed by atoms with van der Waals surface area (Å²) < 4.78 is 0. The van der Waals surface area contributed by atoms with Crippen LogP contribution < -0.4 is 5.73 Å². The Balaban J connectivity index is 1.73. The van der Waals surface area contributed by atoms with Crippen molar-refractivity contribution in [2.24, 2.45) is 23.5 Å². The lowest BCUT2D eigenvalue weighted by Gasteiger charge is -2.27. The molecular formula is C14H25N. The molecule has 2 saturated carbocycles. The highest BCUT2D eigenvalue weighted by molar-refractivity contribution is 5.01. The maximum absolute atomic E-state index is 6.27. The van der Waals surface area contributed by atoms with Gasteiger partial charge in [-0.25, -0.2) is 0 Å². The van der Waals surface area contributed by atoms with Gasteiger partial charge in [-0.05, 0) is 49.9 Å². The van der Waals surface area contributed by atoms with Gasteiger partial charge in [0.15, 0.2) is 0 Å². The van der Waals surface area contributed by atoms with Crippen LogP contribution in [0.15, 0.2) is 12.2 Å². The first-order valence-electron chi connectivity index (χ1n) is 6.73. The zero-order valence-corrected chi connectivity index (χ0v) is 9.99. The molecule has 0 amide bonds. The van der Waals surface area contributed by atoms with Crippen LogP contribution in [0.25, 0.3) is 0 Å². The summed E-state index contributed by atoms with van der Waals surface area (Å²) in [5, 5.41) is 0. The van der Waals surface area contributed by atoms with E-state index in [-0.39, 0.29) is 0 Å². The highest BCUT2D eigenvalue weighted by Crippen LogP contribution is 2.48. The van der Waals surface area contributed by atoms with Gasteiger partial charge in [0.25, 0.3) is 0 Å². The molecule has 0 unspecified atom stereocenters. The fourth-order valence-corrected chi connectivity index (χ4v) is 3.50. The summed E-state index contributed by atoms with van der Waals surface area (Å²) in [6.07, 6.45) is 14.2. The molecule has 2 bridgehead atoms. The fourth-order valence-electron chi connectivity index (χ4n) is 3.50. The van der Waals surface area contributed by atoms with E-state index in [1.54, 1.807) is 0 Å². The Morgan fingerprint density at radius 2 is 2.00 bits per heavy atom. The zero-order chi connectivity index (χ0) is 10.7. The van der Waals surface area contributed by atoms with Crippen molar-refractivity contribution >= 4 is 0 Å². The summed E-state index contributed by atoms with van der Waals surface area (Å²) in [5.74, 6) is 2.63. The molecule has 0 spiro atoms. The monoisotopic (exact) mass is 207 g/mol. The van der Waals surface area contributed by atoms with E-state index in [0.717, 1.165) is 17.8 Å². The molecular weight excluding hydrogens is 182 g/mol. The van der Waals surface area contributed by atoms with Crippen LogP contribution in [-0.4, -0.2) is 6.04 Å². The van der Waals surface area contributed by atoms with Crippen LogP contribution in [0.1, 0.15) is 51.9 Å².